The zero-order valence-corrected chi connectivity index (χ0v) is 9.21. The van der Waals surface area contributed by atoms with Crippen molar-refractivity contribution in [2.75, 3.05) is 13.2 Å². The lowest BCUT2D eigenvalue weighted by atomic mass is 9.87. The molecule has 0 radical (unpaired) electrons. The highest BCUT2D eigenvalue weighted by atomic mass is 16.5. The Kier molecular flexibility index (Phi) is 3.88. The summed E-state index contributed by atoms with van der Waals surface area (Å²) in [4.78, 5) is 22.7. The largest absolute Gasteiger partial charge is 0.466 e. The van der Waals surface area contributed by atoms with E-state index in [2.05, 4.69) is 11.9 Å². The third-order valence-corrected chi connectivity index (χ3v) is 2.64. The first kappa shape index (κ1) is 11.8. The van der Waals surface area contributed by atoms with Gasteiger partial charge in [0.15, 0.2) is 0 Å². The van der Waals surface area contributed by atoms with Gasteiger partial charge in [-0.3, -0.25) is 9.59 Å². The fourth-order valence-corrected chi connectivity index (χ4v) is 1.82. The minimum absolute atomic E-state index is 0.0573. The Labute approximate surface area is 89.7 Å². The van der Waals surface area contributed by atoms with Crippen LogP contribution >= 0.6 is 0 Å². The zero-order chi connectivity index (χ0) is 11.4. The molecular formula is C11H17NO3. The molecule has 0 saturated carbocycles. The molecule has 1 rings (SSSR count). The fourth-order valence-electron chi connectivity index (χ4n) is 1.82. The summed E-state index contributed by atoms with van der Waals surface area (Å²) in [5, 5.41) is 2.74. The van der Waals surface area contributed by atoms with Crippen LogP contribution in [0, 0.1) is 11.8 Å². The van der Waals surface area contributed by atoms with Gasteiger partial charge in [-0.2, -0.15) is 0 Å². The number of nitrogens with one attached hydrogen (secondary N) is 1. The van der Waals surface area contributed by atoms with Crippen LogP contribution in [-0.4, -0.2) is 25.0 Å². The fraction of sp³-hybridized carbons (Fsp3) is 0.636. The Hall–Kier alpha value is -1.32. The summed E-state index contributed by atoms with van der Waals surface area (Å²) in [5.74, 6) is -0.634. The van der Waals surface area contributed by atoms with Crippen molar-refractivity contribution in [2.24, 2.45) is 11.8 Å². The number of hydrogen-bond acceptors (Lipinski definition) is 3. The van der Waals surface area contributed by atoms with Gasteiger partial charge >= 0.3 is 5.97 Å². The van der Waals surface area contributed by atoms with Crippen molar-refractivity contribution in [3.05, 3.63) is 12.2 Å². The molecule has 1 heterocycles. The van der Waals surface area contributed by atoms with E-state index in [9.17, 15) is 9.59 Å². The Bertz CT molecular complexity index is 286. The van der Waals surface area contributed by atoms with E-state index in [-0.39, 0.29) is 30.1 Å². The summed E-state index contributed by atoms with van der Waals surface area (Å²) >= 11 is 0. The maximum absolute atomic E-state index is 11.5. The molecule has 1 fully saturated rings. The second-order valence-electron chi connectivity index (χ2n) is 3.81. The van der Waals surface area contributed by atoms with E-state index in [4.69, 9.17) is 4.74 Å². The second kappa shape index (κ2) is 4.96. The highest BCUT2D eigenvalue weighted by Gasteiger charge is 2.36. The van der Waals surface area contributed by atoms with Crippen LogP contribution in [0.15, 0.2) is 12.2 Å². The van der Waals surface area contributed by atoms with E-state index in [1.165, 1.54) is 0 Å². The Morgan fingerprint density at radius 2 is 2.33 bits per heavy atom. The number of esters is 1. The van der Waals surface area contributed by atoms with Gasteiger partial charge in [-0.1, -0.05) is 12.2 Å². The maximum atomic E-state index is 11.5. The molecule has 1 N–H and O–H groups in total. The van der Waals surface area contributed by atoms with Crippen LogP contribution in [0.5, 0.6) is 0 Å². The number of hydrogen-bond donors (Lipinski definition) is 1. The molecule has 2 atom stereocenters. The lowest BCUT2D eigenvalue weighted by Gasteiger charge is -2.15. The van der Waals surface area contributed by atoms with E-state index in [1.54, 1.807) is 6.92 Å². The average Bonchev–Trinajstić information content (AvgIpc) is 2.48. The van der Waals surface area contributed by atoms with Crippen molar-refractivity contribution in [1.29, 1.82) is 0 Å². The highest BCUT2D eigenvalue weighted by molar-refractivity contribution is 5.86. The van der Waals surface area contributed by atoms with Crippen LogP contribution in [0.4, 0.5) is 0 Å². The molecule has 0 aliphatic carbocycles. The van der Waals surface area contributed by atoms with E-state index in [1.807, 2.05) is 6.92 Å². The summed E-state index contributed by atoms with van der Waals surface area (Å²) in [5.41, 5.74) is 0.933. The number of carbonyl (C=O) groups excluding carboxylic acids is 2. The van der Waals surface area contributed by atoms with Gasteiger partial charge in [-0.15, -0.1) is 0 Å². The molecular weight excluding hydrogens is 194 g/mol. The Balaban J connectivity index is 2.60. The second-order valence-corrected chi connectivity index (χ2v) is 3.81. The number of rotatable bonds is 4. The molecule has 1 saturated heterocycles. The summed E-state index contributed by atoms with van der Waals surface area (Å²) in [6, 6.07) is 0. The van der Waals surface area contributed by atoms with Gasteiger partial charge in [0.1, 0.15) is 0 Å². The number of amides is 1. The third-order valence-electron chi connectivity index (χ3n) is 2.64. The zero-order valence-electron chi connectivity index (χ0n) is 9.21. The first-order chi connectivity index (χ1) is 7.06. The van der Waals surface area contributed by atoms with Crippen LogP contribution in [0.2, 0.25) is 0 Å². The molecule has 4 nitrogen and oxygen atoms in total. The van der Waals surface area contributed by atoms with Gasteiger partial charge in [0.2, 0.25) is 5.91 Å². The SMILES string of the molecule is C=C(C)[C@H]1CNC(=O)[C@@H]1CC(=O)OCC. The van der Waals surface area contributed by atoms with Crippen LogP contribution in [-0.2, 0) is 14.3 Å². The third kappa shape index (κ3) is 2.81. The first-order valence-electron chi connectivity index (χ1n) is 5.15. The lowest BCUT2D eigenvalue weighted by molar-refractivity contribution is -0.146. The molecule has 0 unspecified atom stereocenters. The molecule has 4 heteroatoms. The van der Waals surface area contributed by atoms with Crippen molar-refractivity contribution >= 4 is 11.9 Å². The van der Waals surface area contributed by atoms with E-state index >= 15 is 0 Å². The molecule has 0 aromatic heterocycles. The smallest absolute Gasteiger partial charge is 0.306 e. The van der Waals surface area contributed by atoms with Crippen LogP contribution in [0.3, 0.4) is 0 Å². The van der Waals surface area contributed by atoms with Crippen LogP contribution < -0.4 is 5.32 Å². The maximum Gasteiger partial charge on any atom is 0.306 e. The topological polar surface area (TPSA) is 55.4 Å². The number of carbonyl (C=O) groups is 2. The Morgan fingerprint density at radius 1 is 1.67 bits per heavy atom. The molecule has 0 aromatic carbocycles. The van der Waals surface area contributed by atoms with Gasteiger partial charge in [-0.25, -0.2) is 0 Å². The highest BCUT2D eigenvalue weighted by Crippen LogP contribution is 2.27. The first-order valence-corrected chi connectivity index (χ1v) is 5.15. The number of ether oxygens (including phenoxy) is 1. The van der Waals surface area contributed by atoms with Crippen molar-refractivity contribution < 1.29 is 14.3 Å². The van der Waals surface area contributed by atoms with Crippen LogP contribution in [0.25, 0.3) is 0 Å². The van der Waals surface area contributed by atoms with Gasteiger partial charge < -0.3 is 10.1 Å². The predicted molar refractivity (Wildman–Crippen MR) is 56.1 cm³/mol. The van der Waals surface area contributed by atoms with E-state index in [0.29, 0.717) is 13.2 Å². The van der Waals surface area contributed by atoms with E-state index < -0.39 is 0 Å². The monoisotopic (exact) mass is 211 g/mol. The quantitative estimate of drug-likeness (QED) is 0.554. The molecule has 0 spiro atoms. The van der Waals surface area contributed by atoms with Crippen molar-refractivity contribution in [1.82, 2.24) is 5.32 Å². The molecule has 15 heavy (non-hydrogen) atoms. The van der Waals surface area contributed by atoms with Gasteiger partial charge in [0, 0.05) is 12.5 Å². The minimum atomic E-state index is -0.314. The summed E-state index contributed by atoms with van der Waals surface area (Å²) in [7, 11) is 0. The summed E-state index contributed by atoms with van der Waals surface area (Å²) in [6.07, 6.45) is 0.150. The molecule has 84 valence electrons. The molecule has 1 aliphatic heterocycles. The van der Waals surface area contributed by atoms with Gasteiger partial charge in [0.05, 0.1) is 18.9 Å². The van der Waals surface area contributed by atoms with Crippen molar-refractivity contribution in [2.45, 2.75) is 20.3 Å². The van der Waals surface area contributed by atoms with E-state index in [0.717, 1.165) is 5.57 Å². The normalized spacial score (nSPS) is 24.8. The van der Waals surface area contributed by atoms with Gasteiger partial charge in [0.25, 0.3) is 0 Å². The minimum Gasteiger partial charge on any atom is -0.466 e. The lowest BCUT2D eigenvalue weighted by Crippen LogP contribution is -2.23. The molecule has 1 aliphatic rings. The Morgan fingerprint density at radius 3 is 2.87 bits per heavy atom. The molecule has 0 bridgehead atoms. The van der Waals surface area contributed by atoms with Crippen LogP contribution in [0.1, 0.15) is 20.3 Å². The van der Waals surface area contributed by atoms with Crippen molar-refractivity contribution in [3.63, 3.8) is 0 Å². The molecule has 1 amide bonds. The van der Waals surface area contributed by atoms with Gasteiger partial charge in [-0.05, 0) is 13.8 Å². The van der Waals surface area contributed by atoms with Crippen molar-refractivity contribution in [3.8, 4) is 0 Å². The summed E-state index contributed by atoms with van der Waals surface area (Å²) in [6.45, 7) is 8.40. The molecule has 0 aromatic rings. The predicted octanol–water partition coefficient (Wildman–Crippen LogP) is 0.878. The average molecular weight is 211 g/mol. The summed E-state index contributed by atoms with van der Waals surface area (Å²) < 4.78 is 4.83. The standard InChI is InChI=1S/C11H17NO3/c1-4-15-10(13)5-8-9(7(2)3)6-12-11(8)14/h8-9H,2,4-6H2,1,3H3,(H,12,14)/t8-,9-/m1/s1.